The van der Waals surface area contributed by atoms with Crippen LogP contribution in [0.25, 0.3) is 0 Å². The molecule has 0 atom stereocenters. The van der Waals surface area contributed by atoms with E-state index >= 15 is 0 Å². The lowest BCUT2D eigenvalue weighted by atomic mass is 9.95. The molecule has 0 amide bonds. The minimum absolute atomic E-state index is 0.186. The van der Waals surface area contributed by atoms with Gasteiger partial charge >= 0.3 is 17.9 Å². The number of esters is 3. The highest BCUT2D eigenvalue weighted by molar-refractivity contribution is 7.80. The van der Waals surface area contributed by atoms with Crippen molar-refractivity contribution in [2.24, 2.45) is 0 Å². The molecule has 36 heavy (non-hydrogen) atoms. The third kappa shape index (κ3) is 7.04. The summed E-state index contributed by atoms with van der Waals surface area (Å²) in [6.07, 6.45) is 3.18. The number of ether oxygens (including phenoxy) is 3. The molecule has 3 rings (SSSR count). The van der Waals surface area contributed by atoms with Gasteiger partial charge in [0.1, 0.15) is 5.00 Å². The van der Waals surface area contributed by atoms with Crippen molar-refractivity contribution >= 4 is 57.3 Å². The van der Waals surface area contributed by atoms with Gasteiger partial charge in [0.25, 0.3) is 0 Å². The second-order valence-corrected chi connectivity index (χ2v) is 10.4. The molecule has 0 spiro atoms. The van der Waals surface area contributed by atoms with Crippen molar-refractivity contribution < 1.29 is 28.6 Å². The van der Waals surface area contributed by atoms with Crippen molar-refractivity contribution in [3.05, 3.63) is 45.3 Å². The average Bonchev–Trinajstić information content (AvgIpc) is 3.15. The molecule has 194 valence electrons. The first kappa shape index (κ1) is 27.6. The van der Waals surface area contributed by atoms with Crippen molar-refractivity contribution in [2.45, 2.75) is 72.5 Å². The largest absolute Gasteiger partial charge is 0.462 e. The fourth-order valence-corrected chi connectivity index (χ4v) is 5.40. The Balaban J connectivity index is 1.88. The number of nitrogens with one attached hydrogen (secondary N) is 2. The molecule has 10 heteroatoms. The lowest BCUT2D eigenvalue weighted by Gasteiger charge is -2.15. The summed E-state index contributed by atoms with van der Waals surface area (Å²) in [6.45, 7) is 9.03. The van der Waals surface area contributed by atoms with Crippen LogP contribution in [0.3, 0.4) is 0 Å². The third-order valence-corrected chi connectivity index (χ3v) is 6.64. The zero-order valence-corrected chi connectivity index (χ0v) is 22.8. The maximum absolute atomic E-state index is 12.7. The van der Waals surface area contributed by atoms with Gasteiger partial charge in [-0.25, -0.2) is 14.4 Å². The number of anilines is 2. The third-order valence-electron chi connectivity index (χ3n) is 5.23. The quantitative estimate of drug-likeness (QED) is 0.250. The Kier molecular flexibility index (Phi) is 9.44. The highest BCUT2D eigenvalue weighted by atomic mass is 32.1. The monoisotopic (exact) mass is 532 g/mol. The van der Waals surface area contributed by atoms with E-state index in [4.69, 9.17) is 26.4 Å². The summed E-state index contributed by atoms with van der Waals surface area (Å²) in [6, 6.07) is 4.54. The Bertz CT molecular complexity index is 1120. The lowest BCUT2D eigenvalue weighted by Crippen LogP contribution is -2.21. The number of rotatable bonds is 8. The smallest absolute Gasteiger partial charge is 0.341 e. The van der Waals surface area contributed by atoms with E-state index in [1.165, 1.54) is 17.4 Å². The molecule has 1 aliphatic rings. The Morgan fingerprint density at radius 2 is 1.50 bits per heavy atom. The lowest BCUT2D eigenvalue weighted by molar-refractivity contribution is 0.0376. The molecular formula is C26H32N2O6S2. The summed E-state index contributed by atoms with van der Waals surface area (Å²) in [5.41, 5.74) is 2.32. The number of fused-ring (bicyclic) bond motifs is 1. The molecule has 1 aliphatic carbocycles. The number of aryl methyl sites for hydroxylation is 1. The summed E-state index contributed by atoms with van der Waals surface area (Å²) in [5.74, 6) is -1.51. The van der Waals surface area contributed by atoms with Gasteiger partial charge in [-0.2, -0.15) is 0 Å². The fraction of sp³-hybridized carbons (Fsp3) is 0.462. The number of carbonyl (C=O) groups excluding carboxylic acids is 3. The Morgan fingerprint density at radius 3 is 2.06 bits per heavy atom. The molecule has 8 nitrogen and oxygen atoms in total. The van der Waals surface area contributed by atoms with Crippen LogP contribution in [0.1, 0.15) is 89.0 Å². The minimum atomic E-state index is -0.568. The van der Waals surface area contributed by atoms with Crippen molar-refractivity contribution in [2.75, 3.05) is 17.2 Å². The zero-order chi connectivity index (χ0) is 26.4. The molecule has 1 aromatic carbocycles. The molecule has 2 N–H and O–H groups in total. The van der Waals surface area contributed by atoms with Crippen molar-refractivity contribution in [1.29, 1.82) is 0 Å². The number of hydrogen-bond acceptors (Lipinski definition) is 8. The van der Waals surface area contributed by atoms with E-state index in [0.717, 1.165) is 36.1 Å². The standard InChI is InChI=1S/C26H32N2O6S2/c1-6-32-25(31)21-19-9-7-8-10-20(19)36-22(21)28-26(35)27-18-12-16(23(29)33-14(2)3)11-17(13-18)24(30)34-15(4)5/h11-15H,6-10H2,1-5H3,(H2,27,28,35). The molecule has 0 saturated carbocycles. The van der Waals surface area contributed by atoms with Crippen LogP contribution in [-0.4, -0.2) is 41.8 Å². The van der Waals surface area contributed by atoms with Gasteiger partial charge in [-0.05, 0) is 96.3 Å². The fourth-order valence-electron chi connectivity index (χ4n) is 3.84. The van der Waals surface area contributed by atoms with Gasteiger partial charge in [-0.3, -0.25) is 0 Å². The predicted octanol–water partition coefficient (Wildman–Crippen LogP) is 5.74. The van der Waals surface area contributed by atoms with Crippen LogP contribution in [-0.2, 0) is 27.1 Å². The Morgan fingerprint density at radius 1 is 0.917 bits per heavy atom. The van der Waals surface area contributed by atoms with E-state index in [1.54, 1.807) is 46.8 Å². The van der Waals surface area contributed by atoms with Crippen LogP contribution < -0.4 is 10.6 Å². The highest BCUT2D eigenvalue weighted by Gasteiger charge is 2.27. The van der Waals surface area contributed by atoms with Crippen molar-refractivity contribution in [3.63, 3.8) is 0 Å². The van der Waals surface area contributed by atoms with Gasteiger partial charge in [0.2, 0.25) is 0 Å². The summed E-state index contributed by atoms with van der Waals surface area (Å²) in [7, 11) is 0. The second-order valence-electron chi connectivity index (χ2n) is 8.92. The predicted molar refractivity (Wildman–Crippen MR) is 144 cm³/mol. The van der Waals surface area contributed by atoms with E-state index < -0.39 is 11.9 Å². The minimum Gasteiger partial charge on any atom is -0.462 e. The number of thiocarbonyl (C=S) groups is 1. The van der Waals surface area contributed by atoms with Crippen LogP contribution in [0, 0.1) is 0 Å². The van der Waals surface area contributed by atoms with Gasteiger partial charge < -0.3 is 24.8 Å². The first-order valence-electron chi connectivity index (χ1n) is 12.1. The summed E-state index contributed by atoms with van der Waals surface area (Å²) < 4.78 is 15.9. The van der Waals surface area contributed by atoms with Gasteiger partial charge in [0.05, 0.1) is 35.5 Å². The van der Waals surface area contributed by atoms with E-state index in [9.17, 15) is 14.4 Å². The second kappa shape index (κ2) is 12.3. The SMILES string of the molecule is CCOC(=O)c1c(NC(=S)Nc2cc(C(=O)OC(C)C)cc(C(=O)OC(C)C)c2)sc2c1CCCC2. The number of benzene rings is 1. The van der Waals surface area contributed by atoms with Crippen LogP contribution in [0.4, 0.5) is 10.7 Å². The molecule has 0 saturated heterocycles. The molecule has 0 radical (unpaired) electrons. The molecule has 1 aromatic heterocycles. The molecule has 0 fully saturated rings. The van der Waals surface area contributed by atoms with Crippen LogP contribution in [0.2, 0.25) is 0 Å². The van der Waals surface area contributed by atoms with Crippen LogP contribution in [0.5, 0.6) is 0 Å². The maximum atomic E-state index is 12.7. The summed E-state index contributed by atoms with van der Waals surface area (Å²) >= 11 is 7.02. The highest BCUT2D eigenvalue weighted by Crippen LogP contribution is 2.38. The van der Waals surface area contributed by atoms with Gasteiger partial charge in [-0.1, -0.05) is 0 Å². The zero-order valence-electron chi connectivity index (χ0n) is 21.2. The van der Waals surface area contributed by atoms with Crippen LogP contribution >= 0.6 is 23.6 Å². The Labute approximate surface area is 220 Å². The number of thiophene rings is 1. The molecule has 1 heterocycles. The van der Waals surface area contributed by atoms with Gasteiger partial charge in [0.15, 0.2) is 5.11 Å². The first-order chi connectivity index (χ1) is 17.1. The van der Waals surface area contributed by atoms with Gasteiger partial charge in [-0.15, -0.1) is 11.3 Å². The molecule has 0 unspecified atom stereocenters. The van der Waals surface area contributed by atoms with Crippen LogP contribution in [0.15, 0.2) is 18.2 Å². The topological polar surface area (TPSA) is 103 Å². The normalized spacial score (nSPS) is 12.6. The number of carbonyl (C=O) groups is 3. The van der Waals surface area contributed by atoms with Crippen molar-refractivity contribution in [3.8, 4) is 0 Å². The number of hydrogen-bond donors (Lipinski definition) is 2. The summed E-state index contributed by atoms with van der Waals surface area (Å²) in [4.78, 5) is 39.0. The molecule has 0 bridgehead atoms. The Hall–Kier alpha value is -2.98. The molecule has 0 aliphatic heterocycles. The average molecular weight is 533 g/mol. The van der Waals surface area contributed by atoms with Crippen molar-refractivity contribution in [1.82, 2.24) is 0 Å². The first-order valence-corrected chi connectivity index (χ1v) is 13.3. The maximum Gasteiger partial charge on any atom is 0.341 e. The summed E-state index contributed by atoms with van der Waals surface area (Å²) in [5, 5.41) is 6.97. The van der Waals surface area contributed by atoms with Gasteiger partial charge in [0, 0.05) is 10.6 Å². The van der Waals surface area contributed by atoms with E-state index in [-0.39, 0.29) is 41.0 Å². The molecule has 2 aromatic rings. The molecular weight excluding hydrogens is 500 g/mol. The van der Waals surface area contributed by atoms with E-state index in [2.05, 4.69) is 10.6 Å². The van der Waals surface area contributed by atoms with E-state index in [0.29, 0.717) is 16.3 Å². The van der Waals surface area contributed by atoms with E-state index in [1.807, 2.05) is 0 Å².